The van der Waals surface area contributed by atoms with Gasteiger partial charge in [0.1, 0.15) is 6.61 Å². The zero-order valence-corrected chi connectivity index (χ0v) is 18.2. The van der Waals surface area contributed by atoms with Crippen molar-refractivity contribution in [1.29, 1.82) is 0 Å². The van der Waals surface area contributed by atoms with E-state index in [4.69, 9.17) is 14.2 Å². The predicted octanol–water partition coefficient (Wildman–Crippen LogP) is 4.60. The number of hydrogen-bond acceptors (Lipinski definition) is 7. The molecule has 0 aliphatic carbocycles. The predicted molar refractivity (Wildman–Crippen MR) is 120 cm³/mol. The van der Waals surface area contributed by atoms with E-state index < -0.39 is 5.97 Å². The number of hydrogen-bond donors (Lipinski definition) is 0. The van der Waals surface area contributed by atoms with E-state index in [2.05, 4.69) is 4.98 Å². The number of rotatable bonds is 8. The molecule has 0 radical (unpaired) electrons. The minimum atomic E-state index is -0.522. The van der Waals surface area contributed by atoms with Crippen LogP contribution < -0.4 is 14.4 Å². The van der Waals surface area contributed by atoms with Gasteiger partial charge in [-0.1, -0.05) is 30.3 Å². The number of esters is 1. The number of aromatic nitrogens is 1. The summed E-state index contributed by atoms with van der Waals surface area (Å²) in [5.74, 6) is 0.426. The van der Waals surface area contributed by atoms with Crippen molar-refractivity contribution < 1.29 is 23.8 Å². The summed E-state index contributed by atoms with van der Waals surface area (Å²) in [6, 6.07) is 14.6. The van der Waals surface area contributed by atoms with Gasteiger partial charge in [-0.05, 0) is 24.3 Å². The number of carbonyl (C=O) groups excluding carboxylic acids is 2. The molecule has 0 aliphatic heterocycles. The lowest BCUT2D eigenvalue weighted by atomic mass is 10.1. The van der Waals surface area contributed by atoms with Crippen LogP contribution in [-0.2, 0) is 20.9 Å². The molecule has 0 N–H and O–H groups in total. The highest BCUT2D eigenvalue weighted by Gasteiger charge is 2.18. The van der Waals surface area contributed by atoms with Crippen LogP contribution in [0.25, 0.3) is 6.08 Å². The van der Waals surface area contributed by atoms with Crippen LogP contribution in [0.2, 0.25) is 0 Å². The van der Waals surface area contributed by atoms with E-state index in [-0.39, 0.29) is 12.5 Å². The number of carbonyl (C=O) groups is 2. The maximum Gasteiger partial charge on any atom is 0.331 e. The molecule has 0 atom stereocenters. The normalized spacial score (nSPS) is 10.7. The van der Waals surface area contributed by atoms with E-state index in [0.717, 1.165) is 5.69 Å². The fraction of sp³-hybridized carbons (Fsp3) is 0.174. The molecule has 31 heavy (non-hydrogen) atoms. The first-order valence-electron chi connectivity index (χ1n) is 9.39. The minimum absolute atomic E-state index is 0.00451. The summed E-state index contributed by atoms with van der Waals surface area (Å²) >= 11 is 1.31. The van der Waals surface area contributed by atoms with Crippen LogP contribution >= 0.6 is 11.3 Å². The quantitative estimate of drug-likeness (QED) is 0.378. The van der Waals surface area contributed by atoms with Gasteiger partial charge in [0, 0.05) is 23.9 Å². The average Bonchev–Trinajstić information content (AvgIpc) is 3.24. The minimum Gasteiger partial charge on any atom is -0.493 e. The van der Waals surface area contributed by atoms with Gasteiger partial charge in [0.2, 0.25) is 5.91 Å². The molecule has 0 fully saturated rings. The Hall–Kier alpha value is -3.65. The summed E-state index contributed by atoms with van der Waals surface area (Å²) < 4.78 is 15.9. The van der Waals surface area contributed by atoms with E-state index in [1.807, 2.05) is 30.3 Å². The fourth-order valence-electron chi connectivity index (χ4n) is 2.86. The molecular formula is C23H22N2O5S. The highest BCUT2D eigenvalue weighted by atomic mass is 32.1. The first-order chi connectivity index (χ1) is 15.0. The third-order valence-electron chi connectivity index (χ3n) is 4.25. The van der Waals surface area contributed by atoms with Crippen molar-refractivity contribution in [3.8, 4) is 11.5 Å². The number of amides is 1. The van der Waals surface area contributed by atoms with Crippen LogP contribution in [-0.4, -0.2) is 31.1 Å². The Labute approximate surface area is 184 Å². The number of methoxy groups -OCH3 is 2. The molecule has 0 unspecified atom stereocenters. The summed E-state index contributed by atoms with van der Waals surface area (Å²) in [4.78, 5) is 30.2. The topological polar surface area (TPSA) is 78.0 Å². The Morgan fingerprint density at radius 1 is 1.06 bits per heavy atom. The number of nitrogens with zero attached hydrogens (tertiary/aromatic N) is 2. The molecule has 3 aromatic rings. The summed E-state index contributed by atoms with van der Waals surface area (Å²) in [6.45, 7) is 1.47. The summed E-state index contributed by atoms with van der Waals surface area (Å²) in [5, 5.41) is 2.28. The van der Waals surface area contributed by atoms with Gasteiger partial charge in [0.05, 0.1) is 25.6 Å². The van der Waals surface area contributed by atoms with Gasteiger partial charge in [0.25, 0.3) is 0 Å². The lowest BCUT2D eigenvalue weighted by Gasteiger charge is -2.17. The van der Waals surface area contributed by atoms with Crippen molar-refractivity contribution in [1.82, 2.24) is 4.98 Å². The van der Waals surface area contributed by atoms with Crippen LogP contribution in [0.4, 0.5) is 10.8 Å². The third kappa shape index (κ3) is 5.49. The van der Waals surface area contributed by atoms with Gasteiger partial charge in [-0.3, -0.25) is 9.69 Å². The summed E-state index contributed by atoms with van der Waals surface area (Å²) in [5.41, 5.74) is 1.97. The molecule has 3 rings (SSSR count). The Balaban J connectivity index is 1.65. The molecule has 2 aromatic carbocycles. The SMILES string of the molecule is COc1cccc(/C=C/C(=O)OCc2csc(N(C(C)=O)c3ccccc3)n2)c1OC. The monoisotopic (exact) mass is 438 g/mol. The Morgan fingerprint density at radius 3 is 2.52 bits per heavy atom. The summed E-state index contributed by atoms with van der Waals surface area (Å²) in [7, 11) is 3.08. The van der Waals surface area contributed by atoms with Crippen molar-refractivity contribution in [2.24, 2.45) is 0 Å². The molecule has 0 spiro atoms. The lowest BCUT2D eigenvalue weighted by Crippen LogP contribution is -2.22. The first-order valence-corrected chi connectivity index (χ1v) is 10.3. The van der Waals surface area contributed by atoms with Crippen LogP contribution in [0.5, 0.6) is 11.5 Å². The number of benzene rings is 2. The molecule has 160 valence electrons. The van der Waals surface area contributed by atoms with E-state index in [9.17, 15) is 9.59 Å². The van der Waals surface area contributed by atoms with E-state index >= 15 is 0 Å². The first kappa shape index (κ1) is 22.0. The number of ether oxygens (including phenoxy) is 3. The van der Waals surface area contributed by atoms with Gasteiger partial charge in [-0.25, -0.2) is 9.78 Å². The smallest absolute Gasteiger partial charge is 0.331 e. The molecule has 0 bridgehead atoms. The molecule has 0 aliphatic rings. The second-order valence-corrected chi connectivity index (χ2v) is 7.17. The van der Waals surface area contributed by atoms with Crippen molar-refractivity contribution in [2.45, 2.75) is 13.5 Å². The molecular weight excluding hydrogens is 416 g/mol. The molecule has 7 nitrogen and oxygen atoms in total. The molecule has 1 heterocycles. The second kappa shape index (κ2) is 10.4. The van der Waals surface area contributed by atoms with Crippen LogP contribution in [0.1, 0.15) is 18.2 Å². The van der Waals surface area contributed by atoms with Gasteiger partial charge in [-0.15, -0.1) is 11.3 Å². The van der Waals surface area contributed by atoms with Crippen molar-refractivity contribution >= 4 is 40.1 Å². The molecule has 1 amide bonds. The van der Waals surface area contributed by atoms with E-state index in [1.165, 1.54) is 36.3 Å². The number of anilines is 2. The molecule has 1 aromatic heterocycles. The molecule has 8 heteroatoms. The van der Waals surface area contributed by atoms with Crippen molar-refractivity contribution in [2.75, 3.05) is 19.1 Å². The standard InChI is InChI=1S/C23H22N2O5S/c1-16(26)25(19-9-5-4-6-10-19)23-24-18(15-31-23)14-30-21(27)13-12-17-8-7-11-20(28-2)22(17)29-3/h4-13,15H,14H2,1-3H3/b13-12+. The number of para-hydroxylation sites is 2. The molecule has 0 saturated carbocycles. The highest BCUT2D eigenvalue weighted by Crippen LogP contribution is 2.31. The van der Waals surface area contributed by atoms with Crippen molar-refractivity contribution in [3.05, 3.63) is 71.2 Å². The maximum atomic E-state index is 12.1. The van der Waals surface area contributed by atoms with Gasteiger partial charge in [0.15, 0.2) is 16.6 Å². The van der Waals surface area contributed by atoms with Crippen molar-refractivity contribution in [3.63, 3.8) is 0 Å². The summed E-state index contributed by atoms with van der Waals surface area (Å²) in [6.07, 6.45) is 2.92. The van der Waals surface area contributed by atoms with Crippen LogP contribution in [0.15, 0.2) is 60.0 Å². The zero-order chi connectivity index (χ0) is 22.2. The fourth-order valence-corrected chi connectivity index (χ4v) is 3.74. The zero-order valence-electron chi connectivity index (χ0n) is 17.4. The van der Waals surface area contributed by atoms with Gasteiger partial charge in [-0.2, -0.15) is 0 Å². The lowest BCUT2D eigenvalue weighted by molar-refractivity contribution is -0.139. The van der Waals surface area contributed by atoms with E-state index in [1.54, 1.807) is 36.8 Å². The van der Waals surface area contributed by atoms with E-state index in [0.29, 0.717) is 27.9 Å². The van der Waals surface area contributed by atoms with Gasteiger partial charge >= 0.3 is 5.97 Å². The highest BCUT2D eigenvalue weighted by molar-refractivity contribution is 7.14. The number of thiazole rings is 1. The maximum absolute atomic E-state index is 12.1. The largest absolute Gasteiger partial charge is 0.493 e. The van der Waals surface area contributed by atoms with Gasteiger partial charge < -0.3 is 14.2 Å². The average molecular weight is 439 g/mol. The molecule has 0 saturated heterocycles. The Morgan fingerprint density at radius 2 is 1.84 bits per heavy atom. The third-order valence-corrected chi connectivity index (χ3v) is 5.13. The Bertz CT molecular complexity index is 1080. The van der Waals surface area contributed by atoms with Crippen LogP contribution in [0.3, 0.4) is 0 Å². The second-order valence-electron chi connectivity index (χ2n) is 6.34. The Kier molecular flexibility index (Phi) is 7.40. The van der Waals surface area contributed by atoms with Crippen LogP contribution in [0, 0.1) is 0 Å².